The van der Waals surface area contributed by atoms with Crippen LogP contribution in [0.5, 0.6) is 0 Å². The lowest BCUT2D eigenvalue weighted by Crippen LogP contribution is -2.34. The monoisotopic (exact) mass is 326 g/mol. The summed E-state index contributed by atoms with van der Waals surface area (Å²) < 4.78 is 38.8. The molecule has 1 amide bonds. The van der Waals surface area contributed by atoms with Crippen LogP contribution in [0.15, 0.2) is 24.3 Å². The van der Waals surface area contributed by atoms with Gasteiger partial charge in [0.25, 0.3) is 0 Å². The van der Waals surface area contributed by atoms with E-state index in [9.17, 15) is 18.0 Å². The number of benzene rings is 1. The van der Waals surface area contributed by atoms with Crippen LogP contribution < -0.4 is 10.6 Å². The van der Waals surface area contributed by atoms with E-state index in [0.29, 0.717) is 0 Å². The van der Waals surface area contributed by atoms with Crippen molar-refractivity contribution in [2.45, 2.75) is 31.9 Å². The Morgan fingerprint density at radius 2 is 1.96 bits per heavy atom. The standard InChI is InChI=1S/C17H21F3N2O/c18-17(19,20)13-4-2-1-3-12(13)5-8-22-15(23)14-11-16(14)6-9-21-10-7-16/h1-4,14,21H,5-11H2,(H,22,23)/t14-/m0/s1. The Kier molecular flexibility index (Phi) is 4.36. The van der Waals surface area contributed by atoms with Crippen LogP contribution in [0.3, 0.4) is 0 Å². The van der Waals surface area contributed by atoms with E-state index in [1.54, 1.807) is 6.07 Å². The summed E-state index contributed by atoms with van der Waals surface area (Å²) in [5.74, 6) is 0.0406. The van der Waals surface area contributed by atoms with E-state index in [4.69, 9.17) is 0 Å². The summed E-state index contributed by atoms with van der Waals surface area (Å²) in [5, 5.41) is 6.10. The first-order valence-electron chi connectivity index (χ1n) is 8.06. The van der Waals surface area contributed by atoms with Gasteiger partial charge in [-0.3, -0.25) is 4.79 Å². The third-order valence-electron chi connectivity index (χ3n) is 5.12. The second-order valence-electron chi connectivity index (χ2n) is 6.57. The lowest BCUT2D eigenvalue weighted by atomic mass is 9.92. The smallest absolute Gasteiger partial charge is 0.356 e. The van der Waals surface area contributed by atoms with Crippen molar-refractivity contribution in [1.29, 1.82) is 0 Å². The van der Waals surface area contributed by atoms with Gasteiger partial charge >= 0.3 is 6.18 Å². The first kappa shape index (κ1) is 16.3. The lowest BCUT2D eigenvalue weighted by Gasteiger charge is -2.23. The van der Waals surface area contributed by atoms with Gasteiger partial charge in [0.1, 0.15) is 0 Å². The molecular formula is C17H21F3N2O. The molecule has 1 heterocycles. The zero-order chi connectivity index (χ0) is 16.5. The summed E-state index contributed by atoms with van der Waals surface area (Å²) in [6, 6.07) is 5.54. The topological polar surface area (TPSA) is 41.1 Å². The number of rotatable bonds is 4. The highest BCUT2D eigenvalue weighted by Gasteiger charge is 2.57. The van der Waals surface area contributed by atoms with Gasteiger partial charge in [-0.2, -0.15) is 13.2 Å². The van der Waals surface area contributed by atoms with E-state index in [-0.39, 0.29) is 35.8 Å². The first-order valence-corrected chi connectivity index (χ1v) is 8.06. The van der Waals surface area contributed by atoms with Gasteiger partial charge < -0.3 is 10.6 Å². The van der Waals surface area contributed by atoms with Crippen molar-refractivity contribution in [3.05, 3.63) is 35.4 Å². The number of halogens is 3. The molecule has 1 aliphatic carbocycles. The van der Waals surface area contributed by atoms with E-state index in [1.807, 2.05) is 0 Å². The van der Waals surface area contributed by atoms with Crippen LogP contribution in [0.2, 0.25) is 0 Å². The second kappa shape index (κ2) is 6.15. The molecule has 1 aromatic carbocycles. The Balaban J connectivity index is 1.52. The van der Waals surface area contributed by atoms with Crippen LogP contribution >= 0.6 is 0 Å². The maximum Gasteiger partial charge on any atom is 0.416 e. The summed E-state index contributed by atoms with van der Waals surface area (Å²) in [5.41, 5.74) is -0.234. The molecule has 1 aliphatic heterocycles. The van der Waals surface area contributed by atoms with Gasteiger partial charge in [-0.1, -0.05) is 18.2 Å². The molecule has 3 rings (SSSR count). The van der Waals surface area contributed by atoms with Crippen molar-refractivity contribution in [2.75, 3.05) is 19.6 Å². The summed E-state index contributed by atoms with van der Waals surface area (Å²) >= 11 is 0. The molecule has 2 N–H and O–H groups in total. The van der Waals surface area contributed by atoms with E-state index in [2.05, 4.69) is 10.6 Å². The summed E-state index contributed by atoms with van der Waals surface area (Å²) in [6.07, 6.45) is -1.21. The third-order valence-corrected chi connectivity index (χ3v) is 5.12. The quantitative estimate of drug-likeness (QED) is 0.893. The van der Waals surface area contributed by atoms with Crippen molar-refractivity contribution >= 4 is 5.91 Å². The zero-order valence-corrected chi connectivity index (χ0v) is 12.9. The molecule has 2 fully saturated rings. The van der Waals surface area contributed by atoms with Crippen LogP contribution in [0.1, 0.15) is 30.4 Å². The number of amides is 1. The van der Waals surface area contributed by atoms with Crippen LogP contribution in [0, 0.1) is 11.3 Å². The molecule has 6 heteroatoms. The van der Waals surface area contributed by atoms with E-state index < -0.39 is 11.7 Å². The summed E-state index contributed by atoms with van der Waals surface area (Å²) in [6.45, 7) is 2.14. The largest absolute Gasteiger partial charge is 0.416 e. The molecule has 3 nitrogen and oxygen atoms in total. The summed E-state index contributed by atoms with van der Waals surface area (Å²) in [7, 11) is 0. The number of piperidine rings is 1. The number of nitrogens with one attached hydrogen (secondary N) is 2. The van der Waals surface area contributed by atoms with Gasteiger partial charge in [0.15, 0.2) is 0 Å². The number of alkyl halides is 3. The minimum absolute atomic E-state index is 0.00334. The fourth-order valence-electron chi connectivity index (χ4n) is 3.65. The van der Waals surface area contributed by atoms with Gasteiger partial charge in [-0.05, 0) is 55.8 Å². The van der Waals surface area contributed by atoms with Crippen LogP contribution in [-0.2, 0) is 17.4 Å². The molecular weight excluding hydrogens is 305 g/mol. The molecule has 1 spiro atoms. The Morgan fingerprint density at radius 3 is 2.65 bits per heavy atom. The Bertz CT molecular complexity index is 579. The van der Waals surface area contributed by atoms with Gasteiger partial charge in [-0.25, -0.2) is 0 Å². The number of hydrogen-bond donors (Lipinski definition) is 2. The number of carbonyl (C=O) groups excluding carboxylic acids is 1. The molecule has 23 heavy (non-hydrogen) atoms. The highest BCUT2D eigenvalue weighted by molar-refractivity contribution is 5.82. The van der Waals surface area contributed by atoms with Crippen LogP contribution in [0.4, 0.5) is 13.2 Å². The molecule has 1 saturated carbocycles. The molecule has 1 saturated heterocycles. The Morgan fingerprint density at radius 1 is 1.26 bits per heavy atom. The van der Waals surface area contributed by atoms with Gasteiger partial charge in [0, 0.05) is 12.5 Å². The number of carbonyl (C=O) groups is 1. The fraction of sp³-hybridized carbons (Fsp3) is 0.588. The van der Waals surface area contributed by atoms with Gasteiger partial charge in [0.2, 0.25) is 5.91 Å². The van der Waals surface area contributed by atoms with Crippen molar-refractivity contribution in [3.8, 4) is 0 Å². The van der Waals surface area contributed by atoms with Gasteiger partial charge in [0.05, 0.1) is 5.56 Å². The highest BCUT2D eigenvalue weighted by atomic mass is 19.4. The van der Waals surface area contributed by atoms with Crippen molar-refractivity contribution in [1.82, 2.24) is 10.6 Å². The molecule has 1 atom stereocenters. The summed E-state index contributed by atoms with van der Waals surface area (Å²) in [4.78, 5) is 12.2. The zero-order valence-electron chi connectivity index (χ0n) is 12.9. The van der Waals surface area contributed by atoms with Crippen LogP contribution in [-0.4, -0.2) is 25.5 Å². The average Bonchev–Trinajstić information content (AvgIpc) is 3.20. The van der Waals surface area contributed by atoms with E-state index in [1.165, 1.54) is 12.1 Å². The average molecular weight is 326 g/mol. The maximum absolute atomic E-state index is 12.9. The molecule has 0 radical (unpaired) electrons. The fourth-order valence-corrected chi connectivity index (χ4v) is 3.65. The predicted molar refractivity (Wildman–Crippen MR) is 80.8 cm³/mol. The minimum atomic E-state index is -4.35. The normalized spacial score (nSPS) is 22.8. The molecule has 0 unspecified atom stereocenters. The van der Waals surface area contributed by atoms with Crippen molar-refractivity contribution in [3.63, 3.8) is 0 Å². The van der Waals surface area contributed by atoms with Crippen LogP contribution in [0.25, 0.3) is 0 Å². The second-order valence-corrected chi connectivity index (χ2v) is 6.57. The molecule has 1 aromatic rings. The highest BCUT2D eigenvalue weighted by Crippen LogP contribution is 2.58. The Labute approximate surface area is 133 Å². The SMILES string of the molecule is O=C(NCCc1ccccc1C(F)(F)F)[C@@H]1CC12CCNCC2. The third kappa shape index (κ3) is 3.52. The van der Waals surface area contributed by atoms with E-state index >= 15 is 0 Å². The minimum Gasteiger partial charge on any atom is -0.356 e. The van der Waals surface area contributed by atoms with E-state index in [0.717, 1.165) is 38.4 Å². The molecule has 0 bridgehead atoms. The lowest BCUT2D eigenvalue weighted by molar-refractivity contribution is -0.138. The molecule has 126 valence electrons. The van der Waals surface area contributed by atoms with Crippen molar-refractivity contribution in [2.24, 2.45) is 11.3 Å². The van der Waals surface area contributed by atoms with Gasteiger partial charge in [-0.15, -0.1) is 0 Å². The predicted octanol–water partition coefficient (Wildman–Crippen LogP) is 2.75. The maximum atomic E-state index is 12.9. The Hall–Kier alpha value is -1.56. The molecule has 0 aromatic heterocycles. The number of hydrogen-bond acceptors (Lipinski definition) is 2. The molecule has 2 aliphatic rings. The first-order chi connectivity index (χ1) is 10.9. The van der Waals surface area contributed by atoms with Crippen molar-refractivity contribution < 1.29 is 18.0 Å².